The molecule has 1 heterocycles. The van der Waals surface area contributed by atoms with Crippen molar-refractivity contribution in [1.82, 2.24) is 9.88 Å². The van der Waals surface area contributed by atoms with Crippen molar-refractivity contribution < 1.29 is 27.1 Å². The molecular weight excluding hydrogens is 402 g/mol. The lowest BCUT2D eigenvalue weighted by molar-refractivity contribution is -0.129. The van der Waals surface area contributed by atoms with E-state index < -0.39 is 18.2 Å². The molecule has 162 valence electrons. The highest BCUT2D eigenvalue weighted by molar-refractivity contribution is 5.84. The Balaban J connectivity index is 2.06. The van der Waals surface area contributed by atoms with Gasteiger partial charge in [-0.2, -0.15) is 8.78 Å². The number of rotatable bonds is 11. The minimum Gasteiger partial charge on any atom is -0.381 e. The number of anilines is 1. The summed E-state index contributed by atoms with van der Waals surface area (Å²) in [4.78, 5) is 17.0. The fourth-order valence-electron chi connectivity index (χ4n) is 2.75. The van der Waals surface area contributed by atoms with Gasteiger partial charge in [0.25, 0.3) is 0 Å². The summed E-state index contributed by atoms with van der Waals surface area (Å²) in [7, 11) is 1.82. The van der Waals surface area contributed by atoms with E-state index in [-0.39, 0.29) is 29.2 Å². The Morgan fingerprint density at radius 1 is 1.13 bits per heavy atom. The normalized spacial score (nSPS) is 11.4. The van der Waals surface area contributed by atoms with Gasteiger partial charge in [0.15, 0.2) is 17.9 Å². The number of benzene rings is 1. The van der Waals surface area contributed by atoms with E-state index in [1.165, 1.54) is 12.1 Å². The maximum absolute atomic E-state index is 14.4. The van der Waals surface area contributed by atoms with Gasteiger partial charge in [0, 0.05) is 24.7 Å². The van der Waals surface area contributed by atoms with Crippen molar-refractivity contribution >= 4 is 18.2 Å². The monoisotopic (exact) mass is 425 g/mol. The van der Waals surface area contributed by atoms with E-state index in [4.69, 9.17) is 5.73 Å². The second kappa shape index (κ2) is 11.3. The number of carbonyl (C=O) groups excluding carboxylic acids is 1. The SMILES string of the molecule is CN(/C=C\c1cc(-c2ccc(F)c(N)n2)c(F)cc1C=O)CCCCCOC(F)F. The highest BCUT2D eigenvalue weighted by Crippen LogP contribution is 2.26. The van der Waals surface area contributed by atoms with Gasteiger partial charge >= 0.3 is 6.61 Å². The van der Waals surface area contributed by atoms with E-state index >= 15 is 0 Å². The van der Waals surface area contributed by atoms with E-state index in [1.54, 1.807) is 12.3 Å². The van der Waals surface area contributed by atoms with Crippen molar-refractivity contribution in [1.29, 1.82) is 0 Å². The summed E-state index contributed by atoms with van der Waals surface area (Å²) in [5.41, 5.74) is 6.32. The van der Waals surface area contributed by atoms with Crippen LogP contribution < -0.4 is 5.73 Å². The molecule has 0 unspecified atom stereocenters. The highest BCUT2D eigenvalue weighted by Gasteiger charge is 2.13. The Labute approximate surface area is 172 Å². The van der Waals surface area contributed by atoms with Crippen LogP contribution in [0, 0.1) is 11.6 Å². The molecule has 0 bridgehead atoms. The average Bonchev–Trinajstić information content (AvgIpc) is 2.71. The number of ether oxygens (including phenoxy) is 1. The molecule has 0 aliphatic rings. The van der Waals surface area contributed by atoms with Gasteiger partial charge in [0.2, 0.25) is 0 Å². The number of nitrogen functional groups attached to an aromatic ring is 1. The molecule has 0 aliphatic heterocycles. The van der Waals surface area contributed by atoms with E-state index in [0.29, 0.717) is 24.8 Å². The first kappa shape index (κ1) is 23.3. The molecule has 0 aliphatic carbocycles. The third-order valence-corrected chi connectivity index (χ3v) is 4.36. The molecule has 0 fully saturated rings. The molecule has 2 aromatic rings. The number of alkyl halides is 2. The van der Waals surface area contributed by atoms with E-state index in [9.17, 15) is 22.4 Å². The number of pyridine rings is 1. The van der Waals surface area contributed by atoms with E-state index in [1.807, 2.05) is 11.9 Å². The second-order valence-corrected chi connectivity index (χ2v) is 6.63. The average molecular weight is 425 g/mol. The number of hydrogen-bond acceptors (Lipinski definition) is 5. The molecule has 5 nitrogen and oxygen atoms in total. The Hall–Kier alpha value is -2.94. The molecule has 0 radical (unpaired) electrons. The van der Waals surface area contributed by atoms with Crippen molar-refractivity contribution in [2.75, 3.05) is 25.9 Å². The molecule has 2 rings (SSSR count). The predicted molar refractivity (Wildman–Crippen MR) is 107 cm³/mol. The van der Waals surface area contributed by atoms with Crippen molar-refractivity contribution in [2.45, 2.75) is 25.9 Å². The van der Waals surface area contributed by atoms with Crippen molar-refractivity contribution in [3.05, 3.63) is 53.2 Å². The largest absolute Gasteiger partial charge is 0.381 e. The van der Waals surface area contributed by atoms with Crippen LogP contribution in [-0.2, 0) is 4.74 Å². The van der Waals surface area contributed by atoms with E-state index in [0.717, 1.165) is 25.0 Å². The zero-order chi connectivity index (χ0) is 22.1. The first-order valence-corrected chi connectivity index (χ1v) is 9.31. The first-order valence-electron chi connectivity index (χ1n) is 9.31. The summed E-state index contributed by atoms with van der Waals surface area (Å²) in [6, 6.07) is 4.94. The number of nitrogens with two attached hydrogens (primary N) is 1. The van der Waals surface area contributed by atoms with Crippen LogP contribution >= 0.6 is 0 Å². The molecule has 0 saturated carbocycles. The molecule has 1 aromatic carbocycles. The molecule has 1 aromatic heterocycles. The highest BCUT2D eigenvalue weighted by atomic mass is 19.3. The van der Waals surface area contributed by atoms with Gasteiger partial charge in [-0.1, -0.05) is 0 Å². The van der Waals surface area contributed by atoms with Gasteiger partial charge < -0.3 is 15.4 Å². The zero-order valence-electron chi connectivity index (χ0n) is 16.5. The smallest absolute Gasteiger partial charge is 0.345 e. The third kappa shape index (κ3) is 6.84. The van der Waals surface area contributed by atoms with Crippen LogP contribution in [0.4, 0.5) is 23.4 Å². The van der Waals surface area contributed by atoms with Crippen LogP contribution in [0.5, 0.6) is 0 Å². The molecule has 0 atom stereocenters. The molecule has 9 heteroatoms. The Morgan fingerprint density at radius 2 is 1.90 bits per heavy atom. The summed E-state index contributed by atoms with van der Waals surface area (Å²) < 4.78 is 55.7. The maximum atomic E-state index is 14.4. The van der Waals surface area contributed by atoms with Gasteiger partial charge in [-0.25, -0.2) is 13.8 Å². The number of carbonyl (C=O) groups is 1. The molecule has 2 N–H and O–H groups in total. The molecular formula is C21H23F4N3O2. The number of aldehydes is 1. The van der Waals surface area contributed by atoms with Crippen LogP contribution in [0.1, 0.15) is 35.2 Å². The number of aromatic nitrogens is 1. The minimum absolute atomic E-state index is 0.0141. The number of hydrogen-bond donors (Lipinski definition) is 1. The fraction of sp³-hybridized carbons (Fsp3) is 0.333. The lowest BCUT2D eigenvalue weighted by atomic mass is 10.0. The standard InChI is InChI=1S/C21H23F4N3O2/c1-28(8-3-2-4-10-30-21(24)25)9-7-14-11-16(18(23)12-15(14)13-29)19-6-5-17(22)20(26)27-19/h5-7,9,11-13,21H,2-4,8,10H2,1H3,(H2,26,27)/b9-7-. The molecule has 0 saturated heterocycles. The molecule has 0 spiro atoms. The van der Waals surface area contributed by atoms with Crippen molar-refractivity contribution in [3.63, 3.8) is 0 Å². The lowest BCUT2D eigenvalue weighted by Crippen LogP contribution is -2.12. The van der Waals surface area contributed by atoms with Crippen molar-refractivity contribution in [3.8, 4) is 11.3 Å². The minimum atomic E-state index is -2.75. The van der Waals surface area contributed by atoms with Crippen molar-refractivity contribution in [2.24, 2.45) is 0 Å². The second-order valence-electron chi connectivity index (χ2n) is 6.63. The Morgan fingerprint density at radius 3 is 2.57 bits per heavy atom. The number of unbranched alkanes of at least 4 members (excludes halogenated alkanes) is 2. The topological polar surface area (TPSA) is 68.5 Å². The zero-order valence-corrected chi connectivity index (χ0v) is 16.5. The lowest BCUT2D eigenvalue weighted by Gasteiger charge is -2.14. The first-order chi connectivity index (χ1) is 14.3. The van der Waals surface area contributed by atoms with Crippen LogP contribution in [0.2, 0.25) is 0 Å². The number of halogens is 4. The fourth-order valence-corrected chi connectivity index (χ4v) is 2.75. The predicted octanol–water partition coefficient (Wildman–Crippen LogP) is 4.73. The molecule has 30 heavy (non-hydrogen) atoms. The van der Waals surface area contributed by atoms with Gasteiger partial charge in [-0.15, -0.1) is 0 Å². The van der Waals surface area contributed by atoms with Crippen LogP contribution in [-0.4, -0.2) is 43.0 Å². The maximum Gasteiger partial charge on any atom is 0.345 e. The summed E-state index contributed by atoms with van der Waals surface area (Å²) in [6.07, 6.45) is 5.95. The van der Waals surface area contributed by atoms with Gasteiger partial charge in [0.1, 0.15) is 5.82 Å². The summed E-state index contributed by atoms with van der Waals surface area (Å²) >= 11 is 0. The van der Waals surface area contributed by atoms with Crippen LogP contribution in [0.25, 0.3) is 17.3 Å². The van der Waals surface area contributed by atoms with Crippen LogP contribution in [0.3, 0.4) is 0 Å². The van der Waals surface area contributed by atoms with Gasteiger partial charge in [-0.05, 0) is 61.4 Å². The Bertz CT molecular complexity index is 891. The summed E-state index contributed by atoms with van der Waals surface area (Å²) in [5, 5.41) is 0. The molecule has 0 amide bonds. The van der Waals surface area contributed by atoms with Gasteiger partial charge in [0.05, 0.1) is 12.3 Å². The van der Waals surface area contributed by atoms with Gasteiger partial charge in [-0.3, -0.25) is 4.79 Å². The number of nitrogens with zero attached hydrogens (tertiary/aromatic N) is 2. The summed E-state index contributed by atoms with van der Waals surface area (Å²) in [5.74, 6) is -1.72. The van der Waals surface area contributed by atoms with E-state index in [2.05, 4.69) is 9.72 Å². The third-order valence-electron chi connectivity index (χ3n) is 4.36. The Kier molecular flexibility index (Phi) is 8.79. The quantitative estimate of drug-likeness (QED) is 0.320. The summed E-state index contributed by atoms with van der Waals surface area (Å²) in [6.45, 7) is -2.07. The van der Waals surface area contributed by atoms with Crippen LogP contribution in [0.15, 0.2) is 30.5 Å².